The minimum atomic E-state index is -0.474. The minimum absolute atomic E-state index is 0.00101. The van der Waals surface area contributed by atoms with Crippen molar-refractivity contribution in [3.05, 3.63) is 35.4 Å². The van der Waals surface area contributed by atoms with Crippen LogP contribution < -0.4 is 10.6 Å². The van der Waals surface area contributed by atoms with Gasteiger partial charge in [0.25, 0.3) is 0 Å². The molecule has 2 atom stereocenters. The van der Waals surface area contributed by atoms with Crippen LogP contribution in [0.25, 0.3) is 0 Å². The van der Waals surface area contributed by atoms with Crippen LogP contribution in [-0.2, 0) is 22.6 Å². The van der Waals surface area contributed by atoms with Crippen LogP contribution in [0, 0.1) is 0 Å². The maximum atomic E-state index is 12.2. The number of fused-ring (bicyclic) bond motifs is 1. The number of amides is 3. The van der Waals surface area contributed by atoms with E-state index in [9.17, 15) is 9.59 Å². The second kappa shape index (κ2) is 5.73. The molecule has 2 unspecified atom stereocenters. The first-order chi connectivity index (χ1) is 10.1. The van der Waals surface area contributed by atoms with E-state index in [1.807, 2.05) is 12.1 Å². The summed E-state index contributed by atoms with van der Waals surface area (Å²) >= 11 is 0. The van der Waals surface area contributed by atoms with Crippen LogP contribution in [-0.4, -0.2) is 49.1 Å². The van der Waals surface area contributed by atoms with E-state index in [0.717, 1.165) is 6.42 Å². The molecule has 0 radical (unpaired) electrons. The number of ether oxygens (including phenoxy) is 1. The molecule has 2 N–H and O–H groups in total. The fourth-order valence-electron chi connectivity index (χ4n) is 2.79. The first-order valence-corrected chi connectivity index (χ1v) is 7.11. The second-order valence-electron chi connectivity index (χ2n) is 5.53. The number of nitrogens with zero attached hydrogens (tertiary/aromatic N) is 1. The van der Waals surface area contributed by atoms with Crippen LogP contribution in [0.1, 0.15) is 11.1 Å². The van der Waals surface area contributed by atoms with E-state index in [-0.39, 0.29) is 18.0 Å². The summed E-state index contributed by atoms with van der Waals surface area (Å²) in [6.07, 6.45) is 0.808. The quantitative estimate of drug-likeness (QED) is 0.839. The summed E-state index contributed by atoms with van der Waals surface area (Å²) in [5, 5.41) is 5.20. The van der Waals surface area contributed by atoms with Gasteiger partial charge in [-0.15, -0.1) is 0 Å². The largest absolute Gasteiger partial charge is 0.371 e. The van der Waals surface area contributed by atoms with Crippen molar-refractivity contribution in [2.24, 2.45) is 0 Å². The molecule has 1 aromatic rings. The fraction of sp³-hybridized carbons (Fsp3) is 0.467. The normalized spacial score (nSPS) is 24.0. The number of hydrogen-bond donors (Lipinski definition) is 2. The Morgan fingerprint density at radius 2 is 2.14 bits per heavy atom. The molecule has 0 saturated carbocycles. The topological polar surface area (TPSA) is 70.7 Å². The molecule has 1 aromatic carbocycles. The van der Waals surface area contributed by atoms with Crippen molar-refractivity contribution in [2.45, 2.75) is 25.2 Å². The summed E-state index contributed by atoms with van der Waals surface area (Å²) in [6, 6.07) is 7.44. The monoisotopic (exact) mass is 289 g/mol. The third-order valence-corrected chi connectivity index (χ3v) is 3.96. The summed E-state index contributed by atoms with van der Waals surface area (Å²) in [4.78, 5) is 25.0. The number of nitrogens with one attached hydrogen (secondary N) is 2. The molecule has 112 valence electrons. The van der Waals surface area contributed by atoms with Gasteiger partial charge in [-0.25, -0.2) is 4.79 Å². The Balaban J connectivity index is 1.57. The number of urea groups is 1. The fourth-order valence-corrected chi connectivity index (χ4v) is 2.79. The van der Waals surface area contributed by atoms with E-state index >= 15 is 0 Å². The first kappa shape index (κ1) is 13.9. The predicted molar refractivity (Wildman–Crippen MR) is 76.7 cm³/mol. The first-order valence-electron chi connectivity index (χ1n) is 7.11. The van der Waals surface area contributed by atoms with Gasteiger partial charge in [-0.2, -0.15) is 0 Å². The van der Waals surface area contributed by atoms with Gasteiger partial charge in [0.1, 0.15) is 6.04 Å². The van der Waals surface area contributed by atoms with Gasteiger partial charge in [-0.3, -0.25) is 4.79 Å². The molecular weight excluding hydrogens is 270 g/mol. The molecule has 0 bridgehead atoms. The molecule has 1 fully saturated rings. The van der Waals surface area contributed by atoms with Crippen molar-refractivity contribution < 1.29 is 14.3 Å². The number of benzene rings is 1. The van der Waals surface area contributed by atoms with Gasteiger partial charge in [0.15, 0.2) is 0 Å². The summed E-state index contributed by atoms with van der Waals surface area (Å²) in [5.74, 6) is -0.0872. The van der Waals surface area contributed by atoms with Crippen molar-refractivity contribution in [1.82, 2.24) is 15.5 Å². The Labute approximate surface area is 123 Å². The maximum absolute atomic E-state index is 12.2. The lowest BCUT2D eigenvalue weighted by molar-refractivity contribution is -0.133. The number of carbonyl (C=O) groups is 2. The van der Waals surface area contributed by atoms with Gasteiger partial charge in [0, 0.05) is 26.6 Å². The lowest BCUT2D eigenvalue weighted by Gasteiger charge is -2.30. The van der Waals surface area contributed by atoms with E-state index in [1.165, 1.54) is 11.1 Å². The van der Waals surface area contributed by atoms with E-state index in [4.69, 9.17) is 4.74 Å². The van der Waals surface area contributed by atoms with E-state index in [2.05, 4.69) is 22.8 Å². The zero-order chi connectivity index (χ0) is 14.8. The Hall–Kier alpha value is -2.08. The third kappa shape index (κ3) is 3.00. The van der Waals surface area contributed by atoms with Crippen molar-refractivity contribution >= 4 is 11.9 Å². The van der Waals surface area contributed by atoms with Gasteiger partial charge < -0.3 is 20.3 Å². The Kier molecular flexibility index (Phi) is 3.79. The van der Waals surface area contributed by atoms with E-state index < -0.39 is 6.04 Å². The highest BCUT2D eigenvalue weighted by Gasteiger charge is 2.30. The molecular formula is C15H19N3O3. The van der Waals surface area contributed by atoms with Crippen molar-refractivity contribution in [3.63, 3.8) is 0 Å². The summed E-state index contributed by atoms with van der Waals surface area (Å²) in [5.41, 5.74) is 2.50. The van der Waals surface area contributed by atoms with Crippen LogP contribution in [0.3, 0.4) is 0 Å². The molecule has 3 amide bonds. The summed E-state index contributed by atoms with van der Waals surface area (Å²) < 4.78 is 5.81. The molecule has 2 aliphatic rings. The lowest BCUT2D eigenvalue weighted by Crippen LogP contribution is -2.47. The van der Waals surface area contributed by atoms with Crippen molar-refractivity contribution in [3.8, 4) is 0 Å². The lowest BCUT2D eigenvalue weighted by atomic mass is 9.99. The smallest absolute Gasteiger partial charge is 0.315 e. The predicted octanol–water partition coefficient (Wildman–Crippen LogP) is 0.268. The third-order valence-electron chi connectivity index (χ3n) is 3.96. The molecule has 0 aliphatic carbocycles. The molecule has 21 heavy (non-hydrogen) atoms. The Morgan fingerprint density at radius 3 is 2.86 bits per heavy atom. The van der Waals surface area contributed by atoms with Crippen molar-refractivity contribution in [2.75, 3.05) is 20.1 Å². The van der Waals surface area contributed by atoms with Crippen LogP contribution in [0.4, 0.5) is 4.79 Å². The van der Waals surface area contributed by atoms with E-state index in [1.54, 1.807) is 11.9 Å². The number of hydrogen-bond acceptors (Lipinski definition) is 3. The van der Waals surface area contributed by atoms with Gasteiger partial charge >= 0.3 is 6.03 Å². The minimum Gasteiger partial charge on any atom is -0.371 e. The highest BCUT2D eigenvalue weighted by atomic mass is 16.5. The van der Waals surface area contributed by atoms with Crippen molar-refractivity contribution in [1.29, 1.82) is 0 Å². The molecule has 0 spiro atoms. The molecule has 2 aliphatic heterocycles. The molecule has 1 saturated heterocycles. The van der Waals surface area contributed by atoms with Gasteiger partial charge in [0.05, 0.1) is 12.7 Å². The molecule has 6 nitrogen and oxygen atoms in total. The molecule has 3 rings (SSSR count). The standard InChI is InChI=1S/C15H19N3O3/c1-18(14(19)13-7-16-15(20)17-13)8-12-6-10-4-2-3-5-11(10)9-21-12/h2-5,12-13H,6-9H2,1H3,(H2,16,17,20). The number of likely N-dealkylation sites (N-methyl/N-ethyl adjacent to an activating group) is 1. The van der Waals surface area contributed by atoms with Crippen LogP contribution >= 0.6 is 0 Å². The van der Waals surface area contributed by atoms with Crippen LogP contribution in [0.5, 0.6) is 0 Å². The van der Waals surface area contributed by atoms with Crippen LogP contribution in [0.15, 0.2) is 24.3 Å². The Morgan fingerprint density at radius 1 is 1.38 bits per heavy atom. The Bertz CT molecular complexity index is 561. The zero-order valence-corrected chi connectivity index (χ0v) is 12.0. The maximum Gasteiger partial charge on any atom is 0.315 e. The number of carbonyl (C=O) groups excluding carboxylic acids is 2. The zero-order valence-electron chi connectivity index (χ0n) is 12.0. The summed E-state index contributed by atoms with van der Waals surface area (Å²) in [6.45, 7) is 1.46. The average Bonchev–Trinajstić information content (AvgIpc) is 2.93. The number of rotatable bonds is 3. The highest BCUT2D eigenvalue weighted by Crippen LogP contribution is 2.20. The van der Waals surface area contributed by atoms with Gasteiger partial charge in [0.2, 0.25) is 5.91 Å². The molecule has 0 aromatic heterocycles. The van der Waals surface area contributed by atoms with E-state index in [0.29, 0.717) is 19.7 Å². The van der Waals surface area contributed by atoms with Gasteiger partial charge in [-0.05, 0) is 11.1 Å². The molecule has 6 heteroatoms. The van der Waals surface area contributed by atoms with Crippen LogP contribution in [0.2, 0.25) is 0 Å². The highest BCUT2D eigenvalue weighted by molar-refractivity contribution is 5.90. The SMILES string of the molecule is CN(CC1Cc2ccccc2CO1)C(=O)C1CNC(=O)N1. The van der Waals surface area contributed by atoms with Gasteiger partial charge in [-0.1, -0.05) is 24.3 Å². The summed E-state index contributed by atoms with van der Waals surface area (Å²) in [7, 11) is 1.75. The molecule has 2 heterocycles. The second-order valence-corrected chi connectivity index (χ2v) is 5.53. The average molecular weight is 289 g/mol.